The molecule has 0 bridgehead atoms. The van der Waals surface area contributed by atoms with E-state index in [2.05, 4.69) is 15.5 Å². The lowest BCUT2D eigenvalue weighted by atomic mass is 10.1. The van der Waals surface area contributed by atoms with Crippen LogP contribution in [-0.2, 0) is 4.74 Å². The molecule has 1 aliphatic rings. The second-order valence-electron chi connectivity index (χ2n) is 5.85. The second kappa shape index (κ2) is 8.43. The van der Waals surface area contributed by atoms with Gasteiger partial charge in [0.25, 0.3) is 6.20 Å². The van der Waals surface area contributed by atoms with Crippen LogP contribution in [0.25, 0.3) is 0 Å². The van der Waals surface area contributed by atoms with Crippen LogP contribution in [0.5, 0.6) is 0 Å². The van der Waals surface area contributed by atoms with E-state index in [9.17, 15) is 9.59 Å². The SMILES string of the molecule is CCOC(=O)Nc1c[n+](N2CCN(CC(=O)c3ccccc3)CC2)no1. The van der Waals surface area contributed by atoms with Gasteiger partial charge in [0.15, 0.2) is 5.78 Å². The molecule has 1 saturated heterocycles. The largest absolute Gasteiger partial charge is 0.450 e. The number of carbonyl (C=O) groups excluding carboxylic acids is 2. The number of carbonyl (C=O) groups is 2. The van der Waals surface area contributed by atoms with Gasteiger partial charge < -0.3 is 4.74 Å². The predicted molar refractivity (Wildman–Crippen MR) is 92.5 cm³/mol. The molecule has 0 spiro atoms. The van der Waals surface area contributed by atoms with E-state index >= 15 is 0 Å². The minimum atomic E-state index is -0.583. The molecule has 1 N–H and O–H groups in total. The number of rotatable bonds is 6. The van der Waals surface area contributed by atoms with Crippen LogP contribution < -0.4 is 15.1 Å². The van der Waals surface area contributed by atoms with Crippen LogP contribution in [0.3, 0.4) is 0 Å². The van der Waals surface area contributed by atoms with Crippen LogP contribution in [0.2, 0.25) is 0 Å². The highest BCUT2D eigenvalue weighted by Gasteiger charge is 2.27. The van der Waals surface area contributed by atoms with Gasteiger partial charge in [0, 0.05) is 18.7 Å². The second-order valence-corrected chi connectivity index (χ2v) is 5.85. The van der Waals surface area contributed by atoms with Crippen LogP contribution in [0.1, 0.15) is 17.3 Å². The van der Waals surface area contributed by atoms with Crippen molar-refractivity contribution < 1.29 is 23.6 Å². The first kappa shape index (κ1) is 17.9. The molecule has 26 heavy (non-hydrogen) atoms. The molecule has 9 heteroatoms. The van der Waals surface area contributed by atoms with Crippen LogP contribution in [0.4, 0.5) is 10.7 Å². The molecular weight excluding hydrogens is 338 g/mol. The summed E-state index contributed by atoms with van der Waals surface area (Å²) < 4.78 is 9.86. The van der Waals surface area contributed by atoms with Crippen LogP contribution in [-0.4, -0.2) is 61.4 Å². The number of ketones is 1. The van der Waals surface area contributed by atoms with E-state index in [0.717, 1.165) is 18.7 Å². The maximum absolute atomic E-state index is 12.3. The van der Waals surface area contributed by atoms with Crippen LogP contribution in [0.15, 0.2) is 41.1 Å². The summed E-state index contributed by atoms with van der Waals surface area (Å²) in [6.45, 7) is 5.26. The lowest BCUT2D eigenvalue weighted by molar-refractivity contribution is -0.759. The fourth-order valence-electron chi connectivity index (χ4n) is 2.71. The van der Waals surface area contributed by atoms with Crippen molar-refractivity contribution in [2.75, 3.05) is 49.7 Å². The standard InChI is InChI=1S/C17H21N5O4/c1-2-25-17(24)18-16-13-22(19-26-16)21-10-8-20(9-11-21)12-15(23)14-6-4-3-5-7-14/h3-7,13H,2,8-12H2,1H3/p+1. The molecule has 2 heterocycles. The molecule has 1 aliphatic heterocycles. The number of Topliss-reactive ketones (excluding diaryl/α,β-unsaturated/α-hetero) is 1. The molecule has 0 radical (unpaired) electrons. The zero-order valence-corrected chi connectivity index (χ0v) is 14.6. The minimum Gasteiger partial charge on any atom is -0.450 e. The van der Waals surface area contributed by atoms with E-state index in [4.69, 9.17) is 9.26 Å². The highest BCUT2D eigenvalue weighted by atomic mass is 16.6. The van der Waals surface area contributed by atoms with Crippen molar-refractivity contribution in [3.05, 3.63) is 42.1 Å². The monoisotopic (exact) mass is 360 g/mol. The first-order chi connectivity index (χ1) is 12.7. The Balaban J connectivity index is 1.48. The number of benzene rings is 1. The van der Waals surface area contributed by atoms with Crippen molar-refractivity contribution in [2.24, 2.45) is 0 Å². The molecule has 9 nitrogen and oxygen atoms in total. The number of hydrogen-bond donors (Lipinski definition) is 1. The lowest BCUT2D eigenvalue weighted by Crippen LogP contribution is -2.65. The van der Waals surface area contributed by atoms with E-state index in [1.54, 1.807) is 17.9 Å². The fraction of sp³-hybridized carbons (Fsp3) is 0.412. The fourth-order valence-corrected chi connectivity index (χ4v) is 2.71. The Kier molecular flexibility index (Phi) is 5.80. The van der Waals surface area contributed by atoms with Gasteiger partial charge in [-0.25, -0.2) is 4.79 Å². The summed E-state index contributed by atoms with van der Waals surface area (Å²) in [4.78, 5) is 27.3. The number of ether oxygens (including phenoxy) is 1. The molecule has 0 aliphatic carbocycles. The van der Waals surface area contributed by atoms with E-state index in [1.165, 1.54) is 0 Å². The molecule has 2 aromatic rings. The summed E-state index contributed by atoms with van der Waals surface area (Å²) in [5.74, 6) is 0.333. The Morgan fingerprint density at radius 3 is 2.65 bits per heavy atom. The molecule has 138 valence electrons. The Bertz CT molecular complexity index is 741. The summed E-state index contributed by atoms with van der Waals surface area (Å²) in [7, 11) is 0. The van der Waals surface area contributed by atoms with Crippen molar-refractivity contribution in [1.82, 2.24) is 10.2 Å². The third-order valence-electron chi connectivity index (χ3n) is 4.06. The number of nitrogens with zero attached hydrogens (tertiary/aromatic N) is 4. The summed E-state index contributed by atoms with van der Waals surface area (Å²) in [6, 6.07) is 9.31. The molecule has 0 atom stereocenters. The number of nitrogens with one attached hydrogen (secondary N) is 1. The summed E-state index contributed by atoms with van der Waals surface area (Å²) >= 11 is 0. The van der Waals surface area contributed by atoms with Crippen molar-refractivity contribution in [1.29, 1.82) is 0 Å². The van der Waals surface area contributed by atoms with Crippen LogP contribution >= 0.6 is 0 Å². The van der Waals surface area contributed by atoms with Gasteiger partial charge in [-0.1, -0.05) is 30.3 Å². The Labute approximate surface area is 151 Å². The molecule has 1 aromatic carbocycles. The first-order valence-electron chi connectivity index (χ1n) is 8.54. The Hall–Kier alpha value is -2.94. The summed E-state index contributed by atoms with van der Waals surface area (Å²) in [5, 5.41) is 8.34. The Morgan fingerprint density at radius 1 is 1.23 bits per heavy atom. The number of hydrogen-bond acceptors (Lipinski definition) is 7. The lowest BCUT2D eigenvalue weighted by Gasteiger charge is -2.29. The summed E-state index contributed by atoms with van der Waals surface area (Å²) in [5.41, 5.74) is 0.732. The quantitative estimate of drug-likeness (QED) is 0.598. The van der Waals surface area contributed by atoms with Gasteiger partial charge in [-0.2, -0.15) is 5.01 Å². The number of anilines is 1. The van der Waals surface area contributed by atoms with Gasteiger partial charge in [-0.15, -0.1) is 0 Å². The van der Waals surface area contributed by atoms with E-state index in [0.29, 0.717) is 19.6 Å². The van der Waals surface area contributed by atoms with Crippen molar-refractivity contribution in [3.63, 3.8) is 0 Å². The number of piperazine rings is 1. The van der Waals surface area contributed by atoms with Gasteiger partial charge in [0.05, 0.1) is 31.0 Å². The van der Waals surface area contributed by atoms with Gasteiger partial charge in [-0.3, -0.25) is 19.5 Å². The van der Waals surface area contributed by atoms with Gasteiger partial charge in [0.1, 0.15) is 0 Å². The van der Waals surface area contributed by atoms with Crippen LogP contribution in [0, 0.1) is 0 Å². The van der Waals surface area contributed by atoms with Gasteiger partial charge in [-0.05, 0) is 6.92 Å². The average Bonchev–Trinajstić information content (AvgIpc) is 3.11. The highest BCUT2D eigenvalue weighted by molar-refractivity contribution is 5.97. The average molecular weight is 360 g/mol. The molecular formula is C17H22N5O4+. The molecule has 0 unspecified atom stereocenters. The third kappa shape index (κ3) is 4.57. The van der Waals surface area contributed by atoms with E-state index in [1.807, 2.05) is 35.3 Å². The van der Waals surface area contributed by atoms with Crippen molar-refractivity contribution in [2.45, 2.75) is 6.92 Å². The molecule has 3 rings (SSSR count). The third-order valence-corrected chi connectivity index (χ3v) is 4.06. The zero-order chi connectivity index (χ0) is 18.4. The van der Waals surface area contributed by atoms with E-state index < -0.39 is 6.09 Å². The molecule has 0 saturated carbocycles. The molecule has 1 fully saturated rings. The topological polar surface area (TPSA) is 91.8 Å². The van der Waals surface area contributed by atoms with E-state index in [-0.39, 0.29) is 18.3 Å². The minimum absolute atomic E-state index is 0.120. The zero-order valence-electron chi connectivity index (χ0n) is 14.6. The maximum atomic E-state index is 12.3. The molecule has 1 aromatic heterocycles. The number of amides is 1. The predicted octanol–water partition coefficient (Wildman–Crippen LogP) is 0.667. The van der Waals surface area contributed by atoms with Gasteiger partial charge >= 0.3 is 12.0 Å². The Morgan fingerprint density at radius 2 is 1.96 bits per heavy atom. The molecule has 1 amide bonds. The summed E-state index contributed by atoms with van der Waals surface area (Å²) in [6.07, 6.45) is 1.00. The smallest absolute Gasteiger partial charge is 0.414 e. The maximum Gasteiger partial charge on any atom is 0.414 e. The van der Waals surface area contributed by atoms with Gasteiger partial charge in [0.2, 0.25) is 5.27 Å². The van der Waals surface area contributed by atoms with Crippen molar-refractivity contribution >= 4 is 17.8 Å². The normalized spacial score (nSPS) is 14.9. The highest BCUT2D eigenvalue weighted by Crippen LogP contribution is 2.05. The first-order valence-corrected chi connectivity index (χ1v) is 8.54. The number of aromatic nitrogens is 2. The van der Waals surface area contributed by atoms with Crippen molar-refractivity contribution in [3.8, 4) is 0 Å².